The molecule has 3 atom stereocenters. The minimum Gasteiger partial charge on any atom is -0.465 e. The summed E-state index contributed by atoms with van der Waals surface area (Å²) in [4.78, 5) is 27.0. The number of carboxylic acid groups (broad SMARTS) is 1. The molecule has 0 spiro atoms. The minimum atomic E-state index is -4.80. The quantitative estimate of drug-likeness (QED) is 0.264. The van der Waals surface area contributed by atoms with Crippen molar-refractivity contribution < 1.29 is 41.0 Å². The zero-order chi connectivity index (χ0) is 31.6. The molecule has 3 aromatic carbocycles. The monoisotopic (exact) mass is 650 g/mol. The third-order valence-electron chi connectivity index (χ3n) is 7.85. The Kier molecular flexibility index (Phi) is 9.24. The molecule has 44 heavy (non-hydrogen) atoms. The minimum absolute atomic E-state index is 0.0165. The van der Waals surface area contributed by atoms with Gasteiger partial charge in [-0.2, -0.15) is 13.2 Å². The van der Waals surface area contributed by atoms with E-state index in [1.165, 1.54) is 24.3 Å². The van der Waals surface area contributed by atoms with Crippen LogP contribution in [0.1, 0.15) is 52.4 Å². The van der Waals surface area contributed by atoms with Crippen molar-refractivity contribution in [3.8, 4) is 0 Å². The number of sulfone groups is 1. The van der Waals surface area contributed by atoms with Gasteiger partial charge in [-0.1, -0.05) is 60.1 Å². The van der Waals surface area contributed by atoms with Gasteiger partial charge in [0.1, 0.15) is 0 Å². The van der Waals surface area contributed by atoms with Crippen molar-refractivity contribution in [2.24, 2.45) is 5.92 Å². The molecule has 2 fully saturated rings. The Morgan fingerprint density at radius 3 is 2.32 bits per heavy atom. The van der Waals surface area contributed by atoms with Crippen molar-refractivity contribution in [1.29, 1.82) is 0 Å². The topological polar surface area (TPSA) is 113 Å². The van der Waals surface area contributed by atoms with Crippen LogP contribution >= 0.6 is 11.6 Å². The van der Waals surface area contributed by atoms with Crippen LogP contribution < -0.4 is 5.32 Å². The second-order valence-electron chi connectivity index (χ2n) is 11.1. The molecule has 0 radical (unpaired) electrons. The Balaban J connectivity index is 1.46. The highest BCUT2D eigenvalue weighted by Crippen LogP contribution is 2.38. The first kappa shape index (κ1) is 31.8. The van der Waals surface area contributed by atoms with Gasteiger partial charge in [0.05, 0.1) is 58.1 Å². The lowest BCUT2D eigenvalue weighted by molar-refractivity contribution is -0.137. The molecule has 2 amide bonds. The van der Waals surface area contributed by atoms with Gasteiger partial charge in [0.2, 0.25) is 0 Å². The summed E-state index contributed by atoms with van der Waals surface area (Å²) in [5.74, 6) is -0.800. The molecule has 1 saturated carbocycles. The SMILES string of the molecule is O=C(N[C@H](c1ccc(S(=O)(=O)CC2CC2)cc1)[C@@H]1C[C@@H](OCc2ccccc2)CN1C(=O)O)c1cccc(C(F)(F)F)c1Cl. The van der Waals surface area contributed by atoms with Gasteiger partial charge in [0.15, 0.2) is 9.84 Å². The van der Waals surface area contributed by atoms with Gasteiger partial charge in [0, 0.05) is 0 Å². The summed E-state index contributed by atoms with van der Waals surface area (Å²) in [7, 11) is -3.55. The summed E-state index contributed by atoms with van der Waals surface area (Å²) in [5.41, 5.74) is -0.375. The Bertz CT molecular complexity index is 1620. The second-order valence-corrected chi connectivity index (χ2v) is 13.5. The highest BCUT2D eigenvalue weighted by molar-refractivity contribution is 7.91. The number of halogens is 4. The molecule has 1 aliphatic heterocycles. The Morgan fingerprint density at radius 1 is 1.02 bits per heavy atom. The summed E-state index contributed by atoms with van der Waals surface area (Å²) in [5, 5.41) is 12.0. The van der Waals surface area contributed by atoms with E-state index in [0.717, 1.165) is 41.5 Å². The van der Waals surface area contributed by atoms with Crippen LogP contribution in [0.5, 0.6) is 0 Å². The van der Waals surface area contributed by atoms with Gasteiger partial charge in [-0.05, 0) is 60.6 Å². The average Bonchev–Trinajstić information content (AvgIpc) is 3.68. The van der Waals surface area contributed by atoms with Crippen molar-refractivity contribution in [3.05, 3.63) is 100 Å². The molecule has 0 aromatic heterocycles. The second kappa shape index (κ2) is 12.8. The van der Waals surface area contributed by atoms with Gasteiger partial charge in [-0.25, -0.2) is 13.2 Å². The van der Waals surface area contributed by atoms with Gasteiger partial charge >= 0.3 is 12.3 Å². The molecule has 234 valence electrons. The average molecular weight is 651 g/mol. The first-order valence-electron chi connectivity index (χ1n) is 14.0. The highest BCUT2D eigenvalue weighted by atomic mass is 35.5. The standard InChI is InChI=1S/C31H30ClF3N2O6S/c32-27-24(7-4-8-25(27)31(33,34)35)29(38)36-28(21-11-13-23(14-12-21)44(41,42)18-20-9-10-20)26-15-22(16-37(26)30(39)40)43-17-19-5-2-1-3-6-19/h1-8,11-14,20,22,26,28H,9-10,15-18H2,(H,36,38)(H,39,40)/t22-,26+,28-/m1/s1. The number of rotatable bonds is 10. The number of hydrogen-bond acceptors (Lipinski definition) is 5. The zero-order valence-electron chi connectivity index (χ0n) is 23.3. The van der Waals surface area contributed by atoms with Crippen molar-refractivity contribution in [2.45, 2.75) is 55.1 Å². The number of alkyl halides is 3. The van der Waals surface area contributed by atoms with Gasteiger partial charge in [-0.3, -0.25) is 4.79 Å². The molecule has 3 aromatic rings. The van der Waals surface area contributed by atoms with Gasteiger partial charge in [-0.15, -0.1) is 0 Å². The normalized spacial score (nSPS) is 19.5. The molecule has 1 saturated heterocycles. The van der Waals surface area contributed by atoms with Crippen LogP contribution in [0, 0.1) is 5.92 Å². The molecule has 1 heterocycles. The van der Waals surface area contributed by atoms with Gasteiger partial charge < -0.3 is 20.1 Å². The summed E-state index contributed by atoms with van der Waals surface area (Å²) in [6, 6.07) is 16.0. The molecule has 8 nitrogen and oxygen atoms in total. The number of carbonyl (C=O) groups is 2. The fourth-order valence-corrected chi connectivity index (χ4v) is 7.41. The van der Waals surface area contributed by atoms with Crippen LogP contribution in [0.15, 0.2) is 77.7 Å². The zero-order valence-corrected chi connectivity index (χ0v) is 24.9. The molecule has 0 unspecified atom stereocenters. The van der Waals surface area contributed by atoms with Crippen LogP contribution in [-0.2, 0) is 27.4 Å². The van der Waals surface area contributed by atoms with E-state index in [9.17, 15) is 36.3 Å². The molecular formula is C31H30ClF3N2O6S. The number of amides is 2. The Hall–Kier alpha value is -3.61. The maximum absolute atomic E-state index is 13.5. The number of nitrogens with zero attached hydrogens (tertiary/aromatic N) is 1. The lowest BCUT2D eigenvalue weighted by Crippen LogP contribution is -2.45. The summed E-state index contributed by atoms with van der Waals surface area (Å²) in [6.07, 6.45) is -4.77. The van der Waals surface area contributed by atoms with Crippen LogP contribution in [0.2, 0.25) is 5.02 Å². The smallest absolute Gasteiger partial charge is 0.417 e. The number of ether oxygens (including phenoxy) is 1. The molecule has 0 bridgehead atoms. The Labute approximate surface area is 257 Å². The maximum atomic E-state index is 13.5. The van der Waals surface area contributed by atoms with Crippen molar-refractivity contribution >= 4 is 33.4 Å². The van der Waals surface area contributed by atoms with Crippen molar-refractivity contribution in [1.82, 2.24) is 10.2 Å². The fraction of sp³-hybridized carbons (Fsp3) is 0.355. The van der Waals surface area contributed by atoms with E-state index in [4.69, 9.17) is 16.3 Å². The number of benzene rings is 3. The van der Waals surface area contributed by atoms with Gasteiger partial charge in [0.25, 0.3) is 5.91 Å². The van der Waals surface area contributed by atoms with Crippen LogP contribution in [0.4, 0.5) is 18.0 Å². The summed E-state index contributed by atoms with van der Waals surface area (Å²) in [6.45, 7) is 0.202. The van der Waals surface area contributed by atoms with E-state index >= 15 is 0 Å². The molecule has 5 rings (SSSR count). The molecule has 1 aliphatic carbocycles. The van der Waals surface area contributed by atoms with E-state index < -0.39 is 62.4 Å². The van der Waals surface area contributed by atoms with Crippen LogP contribution in [0.25, 0.3) is 0 Å². The first-order chi connectivity index (χ1) is 20.8. The molecule has 2 aliphatic rings. The summed E-state index contributed by atoms with van der Waals surface area (Å²) < 4.78 is 72.2. The Morgan fingerprint density at radius 2 is 1.70 bits per heavy atom. The number of carbonyl (C=O) groups excluding carboxylic acids is 1. The third kappa shape index (κ3) is 7.36. The number of likely N-dealkylation sites (tertiary alicyclic amines) is 1. The molecular weight excluding hydrogens is 621 g/mol. The fourth-order valence-electron chi connectivity index (χ4n) is 5.39. The van der Waals surface area contributed by atoms with Crippen molar-refractivity contribution in [3.63, 3.8) is 0 Å². The van der Waals surface area contributed by atoms with Crippen LogP contribution in [-0.4, -0.2) is 54.9 Å². The third-order valence-corrected chi connectivity index (χ3v) is 10.2. The van der Waals surface area contributed by atoms with E-state index in [1.54, 1.807) is 0 Å². The van der Waals surface area contributed by atoms with E-state index in [-0.39, 0.29) is 36.1 Å². The van der Waals surface area contributed by atoms with E-state index in [0.29, 0.717) is 5.56 Å². The maximum Gasteiger partial charge on any atom is 0.417 e. The first-order valence-corrected chi connectivity index (χ1v) is 16.0. The predicted molar refractivity (Wildman–Crippen MR) is 156 cm³/mol. The predicted octanol–water partition coefficient (Wildman–Crippen LogP) is 6.35. The lowest BCUT2D eigenvalue weighted by Gasteiger charge is -2.31. The molecule has 2 N–H and O–H groups in total. The number of hydrogen-bond donors (Lipinski definition) is 2. The van der Waals surface area contributed by atoms with Crippen LogP contribution in [0.3, 0.4) is 0 Å². The largest absolute Gasteiger partial charge is 0.465 e. The van der Waals surface area contributed by atoms with Crippen molar-refractivity contribution in [2.75, 3.05) is 12.3 Å². The van der Waals surface area contributed by atoms with E-state index in [2.05, 4.69) is 5.32 Å². The lowest BCUT2D eigenvalue weighted by atomic mass is 9.96. The highest BCUT2D eigenvalue weighted by Gasteiger charge is 2.42. The molecule has 13 heteroatoms. The number of nitrogens with one attached hydrogen (secondary N) is 1. The van der Waals surface area contributed by atoms with E-state index in [1.807, 2.05) is 30.3 Å². The summed E-state index contributed by atoms with van der Waals surface area (Å²) >= 11 is 6.02.